The first kappa shape index (κ1) is 15.3. The number of nitrogens with one attached hydrogen (secondary N) is 1. The highest BCUT2D eigenvalue weighted by Gasteiger charge is 2.30. The molecular formula is C17H25FN2S. The minimum absolute atomic E-state index is 0.0862. The summed E-state index contributed by atoms with van der Waals surface area (Å²) in [5.74, 6) is 1.70. The van der Waals surface area contributed by atoms with Crippen molar-refractivity contribution in [2.75, 3.05) is 31.9 Å². The average molecular weight is 308 g/mol. The molecule has 4 heteroatoms. The zero-order valence-electron chi connectivity index (χ0n) is 12.6. The number of halogens is 1. The monoisotopic (exact) mass is 308 g/mol. The molecule has 1 saturated heterocycles. The Morgan fingerprint density at radius 1 is 1.24 bits per heavy atom. The Balaban J connectivity index is 1.45. The quantitative estimate of drug-likeness (QED) is 0.777. The molecule has 1 aliphatic heterocycles. The van der Waals surface area contributed by atoms with Crippen molar-refractivity contribution in [1.29, 1.82) is 0 Å². The van der Waals surface area contributed by atoms with E-state index in [4.69, 9.17) is 0 Å². The third kappa shape index (κ3) is 4.70. The molecular weight excluding hydrogens is 283 g/mol. The summed E-state index contributed by atoms with van der Waals surface area (Å²) in [6, 6.07) is 7.90. The number of rotatable bonds is 7. The molecule has 1 N–H and O–H groups in total. The van der Waals surface area contributed by atoms with Gasteiger partial charge in [0.1, 0.15) is 5.82 Å². The number of hydrogen-bond acceptors (Lipinski definition) is 3. The summed E-state index contributed by atoms with van der Waals surface area (Å²) in [6.07, 6.45) is 5.37. The number of nitrogens with zero attached hydrogens (tertiary/aromatic N) is 1. The third-order valence-corrected chi connectivity index (χ3v) is 5.46. The molecule has 1 heterocycles. The van der Waals surface area contributed by atoms with Crippen molar-refractivity contribution < 1.29 is 4.39 Å². The van der Waals surface area contributed by atoms with Gasteiger partial charge in [0.25, 0.3) is 0 Å². The molecule has 1 saturated carbocycles. The fourth-order valence-electron chi connectivity index (χ4n) is 3.11. The molecule has 0 radical (unpaired) electrons. The van der Waals surface area contributed by atoms with Crippen LogP contribution in [-0.2, 0) is 0 Å². The molecule has 2 aliphatic rings. The lowest BCUT2D eigenvalue weighted by molar-refractivity contribution is 0.210. The maximum Gasteiger partial charge on any atom is 0.136 e. The predicted molar refractivity (Wildman–Crippen MR) is 87.3 cm³/mol. The normalized spacial score (nSPS) is 22.7. The molecule has 1 aliphatic carbocycles. The highest BCUT2D eigenvalue weighted by Crippen LogP contribution is 2.29. The maximum absolute atomic E-state index is 13.6. The molecule has 21 heavy (non-hydrogen) atoms. The zero-order chi connectivity index (χ0) is 14.5. The molecule has 1 aromatic carbocycles. The largest absolute Gasteiger partial charge is 0.316 e. The van der Waals surface area contributed by atoms with Crippen molar-refractivity contribution in [2.24, 2.45) is 5.92 Å². The lowest BCUT2D eigenvalue weighted by atomic mass is 9.99. The van der Waals surface area contributed by atoms with Crippen molar-refractivity contribution in [3.05, 3.63) is 30.1 Å². The molecule has 1 atom stereocenters. The molecule has 3 rings (SSSR count). The fourth-order valence-corrected chi connectivity index (χ4v) is 4.04. The van der Waals surface area contributed by atoms with E-state index in [2.05, 4.69) is 10.2 Å². The van der Waals surface area contributed by atoms with Crippen molar-refractivity contribution in [3.8, 4) is 0 Å². The lowest BCUT2D eigenvalue weighted by Gasteiger charge is -2.30. The third-order valence-electron chi connectivity index (χ3n) is 4.43. The van der Waals surface area contributed by atoms with E-state index in [1.54, 1.807) is 23.9 Å². The van der Waals surface area contributed by atoms with Crippen LogP contribution in [0.1, 0.15) is 25.7 Å². The molecule has 2 fully saturated rings. The lowest BCUT2D eigenvalue weighted by Crippen LogP contribution is -2.40. The number of hydrogen-bond donors (Lipinski definition) is 1. The Morgan fingerprint density at radius 2 is 2.10 bits per heavy atom. The second kappa shape index (κ2) is 7.61. The first-order valence-corrected chi connectivity index (χ1v) is 9.13. The van der Waals surface area contributed by atoms with E-state index < -0.39 is 0 Å². The maximum atomic E-state index is 13.6. The second-order valence-corrected chi connectivity index (χ2v) is 7.35. The van der Waals surface area contributed by atoms with Gasteiger partial charge in [-0.2, -0.15) is 0 Å². The van der Waals surface area contributed by atoms with Gasteiger partial charge in [-0.3, -0.25) is 4.90 Å². The van der Waals surface area contributed by atoms with Crippen LogP contribution in [0.5, 0.6) is 0 Å². The van der Waals surface area contributed by atoms with Gasteiger partial charge in [-0.15, -0.1) is 11.8 Å². The molecule has 0 spiro atoms. The summed E-state index contributed by atoms with van der Waals surface area (Å²) in [7, 11) is 0. The zero-order valence-corrected chi connectivity index (χ0v) is 13.4. The van der Waals surface area contributed by atoms with Crippen LogP contribution in [0.25, 0.3) is 0 Å². The van der Waals surface area contributed by atoms with Crippen molar-refractivity contribution >= 4 is 11.8 Å². The number of piperidine rings is 1. The SMILES string of the molecule is Fc1ccccc1SCCN(CC1CCCNC1)C1CC1. The first-order valence-electron chi connectivity index (χ1n) is 8.15. The van der Waals surface area contributed by atoms with Crippen LogP contribution >= 0.6 is 11.8 Å². The predicted octanol–water partition coefficient (Wildman–Crippen LogP) is 3.38. The van der Waals surface area contributed by atoms with Crippen molar-refractivity contribution in [2.45, 2.75) is 36.6 Å². The Hall–Kier alpha value is -0.580. The van der Waals surface area contributed by atoms with E-state index in [0.717, 1.165) is 29.2 Å². The first-order chi connectivity index (χ1) is 10.3. The average Bonchev–Trinajstić information content (AvgIpc) is 3.34. The highest BCUT2D eigenvalue weighted by molar-refractivity contribution is 7.99. The van der Waals surface area contributed by atoms with Crippen molar-refractivity contribution in [1.82, 2.24) is 10.2 Å². The van der Waals surface area contributed by atoms with Crippen LogP contribution in [0.2, 0.25) is 0 Å². The van der Waals surface area contributed by atoms with Crippen molar-refractivity contribution in [3.63, 3.8) is 0 Å². The summed E-state index contributed by atoms with van der Waals surface area (Å²) < 4.78 is 13.6. The summed E-state index contributed by atoms with van der Waals surface area (Å²) in [5, 5.41) is 3.51. The topological polar surface area (TPSA) is 15.3 Å². The van der Waals surface area contributed by atoms with Gasteiger partial charge in [0.2, 0.25) is 0 Å². The molecule has 1 unspecified atom stereocenters. The van der Waals surface area contributed by atoms with Crippen LogP contribution < -0.4 is 5.32 Å². The van der Waals surface area contributed by atoms with Gasteiger partial charge in [-0.25, -0.2) is 4.39 Å². The van der Waals surface area contributed by atoms with Crippen LogP contribution in [0, 0.1) is 11.7 Å². The molecule has 116 valence electrons. The van der Waals surface area contributed by atoms with E-state index in [1.165, 1.54) is 45.3 Å². The van der Waals surface area contributed by atoms with Crippen LogP contribution in [0.3, 0.4) is 0 Å². The van der Waals surface area contributed by atoms with Crippen LogP contribution in [-0.4, -0.2) is 42.9 Å². The molecule has 2 nitrogen and oxygen atoms in total. The Kier molecular flexibility index (Phi) is 5.55. The highest BCUT2D eigenvalue weighted by atomic mass is 32.2. The summed E-state index contributed by atoms with van der Waals surface area (Å²) in [4.78, 5) is 3.43. The minimum atomic E-state index is -0.0862. The van der Waals surface area contributed by atoms with E-state index in [9.17, 15) is 4.39 Å². The minimum Gasteiger partial charge on any atom is -0.316 e. The van der Waals surface area contributed by atoms with E-state index >= 15 is 0 Å². The Bertz CT molecular complexity index is 444. The van der Waals surface area contributed by atoms with Gasteiger partial charge < -0.3 is 5.32 Å². The van der Waals surface area contributed by atoms with Gasteiger partial charge in [-0.1, -0.05) is 12.1 Å². The second-order valence-electron chi connectivity index (χ2n) is 6.22. The van der Waals surface area contributed by atoms with Gasteiger partial charge in [0.15, 0.2) is 0 Å². The van der Waals surface area contributed by atoms with E-state index in [1.807, 2.05) is 12.1 Å². The molecule has 0 amide bonds. The number of thioether (sulfide) groups is 1. The smallest absolute Gasteiger partial charge is 0.136 e. The van der Waals surface area contributed by atoms with E-state index in [0.29, 0.717) is 0 Å². The molecule has 1 aromatic rings. The molecule has 0 bridgehead atoms. The Labute approximate surface area is 131 Å². The van der Waals surface area contributed by atoms with Gasteiger partial charge in [-0.05, 0) is 56.8 Å². The molecule has 0 aromatic heterocycles. The van der Waals surface area contributed by atoms with E-state index in [-0.39, 0.29) is 5.82 Å². The summed E-state index contributed by atoms with van der Waals surface area (Å²) >= 11 is 1.65. The fraction of sp³-hybridized carbons (Fsp3) is 0.647. The summed E-state index contributed by atoms with van der Waals surface area (Å²) in [5.41, 5.74) is 0. The number of benzene rings is 1. The Morgan fingerprint density at radius 3 is 2.81 bits per heavy atom. The standard InChI is InChI=1S/C17H25FN2S/c18-16-5-1-2-6-17(16)21-11-10-20(15-7-8-15)13-14-4-3-9-19-12-14/h1-2,5-6,14-15,19H,3-4,7-13H2. The van der Waals surface area contributed by atoms with Crippen LogP contribution in [0.4, 0.5) is 4.39 Å². The van der Waals surface area contributed by atoms with Crippen LogP contribution in [0.15, 0.2) is 29.2 Å². The summed E-state index contributed by atoms with van der Waals surface area (Å²) in [6.45, 7) is 4.66. The van der Waals surface area contributed by atoms with Gasteiger partial charge in [0, 0.05) is 29.8 Å². The van der Waals surface area contributed by atoms with Gasteiger partial charge in [0.05, 0.1) is 0 Å². The van der Waals surface area contributed by atoms with Gasteiger partial charge >= 0.3 is 0 Å².